The quantitative estimate of drug-likeness (QED) is 0.891. The van der Waals surface area contributed by atoms with Gasteiger partial charge in [-0.05, 0) is 44.2 Å². The van der Waals surface area contributed by atoms with Crippen molar-refractivity contribution in [1.29, 1.82) is 0 Å². The molecule has 1 aliphatic carbocycles. The molecule has 1 saturated carbocycles. The van der Waals surface area contributed by atoms with Gasteiger partial charge in [0.15, 0.2) is 0 Å². The summed E-state index contributed by atoms with van der Waals surface area (Å²) in [6.07, 6.45) is 8.91. The number of likely N-dealkylation sites (tertiary alicyclic amines) is 1. The van der Waals surface area contributed by atoms with E-state index in [1.165, 1.54) is 25.7 Å². The van der Waals surface area contributed by atoms with E-state index in [9.17, 15) is 9.59 Å². The van der Waals surface area contributed by atoms with Gasteiger partial charge in [0, 0.05) is 20.0 Å². The average Bonchev–Trinajstić information content (AvgIpc) is 3.30. The van der Waals surface area contributed by atoms with Crippen molar-refractivity contribution in [3.05, 3.63) is 29.1 Å². The van der Waals surface area contributed by atoms with E-state index < -0.39 is 0 Å². The number of hydrogen-bond acceptors (Lipinski definition) is 3. The number of amides is 2. The van der Waals surface area contributed by atoms with Gasteiger partial charge < -0.3 is 10.2 Å². The summed E-state index contributed by atoms with van der Waals surface area (Å²) in [6, 6.07) is 3.80. The molecule has 2 fully saturated rings. The Kier molecular flexibility index (Phi) is 5.71. The summed E-state index contributed by atoms with van der Waals surface area (Å²) in [5.41, 5.74) is 2.24. The van der Waals surface area contributed by atoms with Gasteiger partial charge in [0.2, 0.25) is 5.91 Å². The Morgan fingerprint density at radius 3 is 2.64 bits per heavy atom. The van der Waals surface area contributed by atoms with Crippen LogP contribution in [0.1, 0.15) is 79.2 Å². The summed E-state index contributed by atoms with van der Waals surface area (Å²) in [5.74, 6) is 0.897. The lowest BCUT2D eigenvalue weighted by Gasteiger charge is -2.25. The number of carbonyl (C=O) groups excluding carboxylic acids is 2. The summed E-state index contributed by atoms with van der Waals surface area (Å²) in [4.78, 5) is 31.2. The molecule has 136 valence electrons. The number of pyridine rings is 1. The maximum atomic E-state index is 12.7. The molecule has 2 aliphatic rings. The lowest BCUT2D eigenvalue weighted by molar-refractivity contribution is -0.132. The van der Waals surface area contributed by atoms with E-state index in [1.54, 1.807) is 7.05 Å². The van der Waals surface area contributed by atoms with Crippen LogP contribution in [0, 0.1) is 12.8 Å². The molecule has 1 aliphatic heterocycles. The summed E-state index contributed by atoms with van der Waals surface area (Å²) in [7, 11) is 1.62. The zero-order valence-electron chi connectivity index (χ0n) is 15.4. The van der Waals surface area contributed by atoms with Crippen molar-refractivity contribution in [2.24, 2.45) is 5.92 Å². The Bertz CT molecular complexity index is 638. The first-order chi connectivity index (χ1) is 12.1. The maximum Gasteiger partial charge on any atom is 0.252 e. The van der Waals surface area contributed by atoms with E-state index in [0.717, 1.165) is 43.1 Å². The molecule has 2 amide bonds. The van der Waals surface area contributed by atoms with Crippen LogP contribution >= 0.6 is 0 Å². The van der Waals surface area contributed by atoms with Crippen molar-refractivity contribution < 1.29 is 9.59 Å². The number of aromatic nitrogens is 1. The van der Waals surface area contributed by atoms with Crippen molar-refractivity contribution in [3.63, 3.8) is 0 Å². The minimum atomic E-state index is -0.118. The van der Waals surface area contributed by atoms with Crippen molar-refractivity contribution >= 4 is 11.8 Å². The molecule has 1 N–H and O–H groups in total. The number of hydrogen-bond donors (Lipinski definition) is 1. The van der Waals surface area contributed by atoms with Crippen molar-refractivity contribution in [1.82, 2.24) is 15.2 Å². The van der Waals surface area contributed by atoms with Crippen LogP contribution in [-0.2, 0) is 4.79 Å². The molecule has 1 atom stereocenters. The van der Waals surface area contributed by atoms with E-state index in [1.807, 2.05) is 24.0 Å². The van der Waals surface area contributed by atoms with Crippen LogP contribution in [0.2, 0.25) is 0 Å². The Morgan fingerprint density at radius 2 is 1.96 bits per heavy atom. The minimum Gasteiger partial charge on any atom is -0.355 e. The van der Waals surface area contributed by atoms with Gasteiger partial charge in [-0.2, -0.15) is 0 Å². The van der Waals surface area contributed by atoms with Gasteiger partial charge in [0.25, 0.3) is 5.91 Å². The van der Waals surface area contributed by atoms with Gasteiger partial charge in [-0.15, -0.1) is 0 Å². The van der Waals surface area contributed by atoms with E-state index in [-0.39, 0.29) is 17.9 Å². The maximum absolute atomic E-state index is 12.7. The van der Waals surface area contributed by atoms with Crippen molar-refractivity contribution in [3.8, 4) is 0 Å². The molecule has 3 rings (SSSR count). The van der Waals surface area contributed by atoms with Crippen LogP contribution in [0.4, 0.5) is 0 Å². The molecule has 1 saturated heterocycles. The molecule has 5 nitrogen and oxygen atoms in total. The molecule has 0 radical (unpaired) electrons. The molecule has 1 aromatic heterocycles. The first-order valence-corrected chi connectivity index (χ1v) is 9.59. The molecule has 1 aromatic rings. The molecule has 0 aromatic carbocycles. The van der Waals surface area contributed by atoms with Crippen LogP contribution in [0.3, 0.4) is 0 Å². The fourth-order valence-corrected chi connectivity index (χ4v) is 4.28. The highest BCUT2D eigenvalue weighted by molar-refractivity contribution is 5.94. The van der Waals surface area contributed by atoms with Gasteiger partial charge in [-0.3, -0.25) is 14.6 Å². The number of rotatable bonds is 5. The first kappa shape index (κ1) is 17.9. The predicted octanol–water partition coefficient (Wildman–Crippen LogP) is 3.38. The standard InChI is InChI=1S/C20H29N3O2/c1-14-16(20(25)21-2)10-11-17(22-14)18-8-5-13-23(18)19(24)12-9-15-6-3-4-7-15/h10-11,15,18H,3-9,12-13H2,1-2H3,(H,21,25)/t18-/m0/s1. The third-order valence-electron chi connectivity index (χ3n) is 5.73. The van der Waals surface area contributed by atoms with Crippen LogP contribution in [0.5, 0.6) is 0 Å². The second-order valence-corrected chi connectivity index (χ2v) is 7.38. The topological polar surface area (TPSA) is 62.3 Å². The van der Waals surface area contributed by atoms with E-state index >= 15 is 0 Å². The van der Waals surface area contributed by atoms with E-state index in [2.05, 4.69) is 10.3 Å². The smallest absolute Gasteiger partial charge is 0.252 e. The molecule has 5 heteroatoms. The molecule has 2 heterocycles. The Morgan fingerprint density at radius 1 is 1.20 bits per heavy atom. The van der Waals surface area contributed by atoms with Gasteiger partial charge in [0.1, 0.15) is 0 Å². The van der Waals surface area contributed by atoms with E-state index in [4.69, 9.17) is 0 Å². The van der Waals surface area contributed by atoms with Crippen molar-refractivity contribution in [2.75, 3.05) is 13.6 Å². The normalized spacial score (nSPS) is 20.9. The van der Waals surface area contributed by atoms with Gasteiger partial charge in [-0.25, -0.2) is 0 Å². The Balaban J connectivity index is 1.67. The third kappa shape index (κ3) is 4.02. The van der Waals surface area contributed by atoms with Crippen LogP contribution in [0.25, 0.3) is 0 Å². The molecular weight excluding hydrogens is 314 g/mol. The zero-order valence-corrected chi connectivity index (χ0v) is 15.4. The minimum absolute atomic E-state index is 0.0634. The SMILES string of the molecule is CNC(=O)c1ccc([C@@H]2CCCN2C(=O)CCC2CCCC2)nc1C. The number of nitrogens with zero attached hydrogens (tertiary/aromatic N) is 2. The predicted molar refractivity (Wildman–Crippen MR) is 97.2 cm³/mol. The monoisotopic (exact) mass is 343 g/mol. The number of aryl methyl sites for hydroxylation is 1. The summed E-state index contributed by atoms with van der Waals surface area (Å²) >= 11 is 0. The second-order valence-electron chi connectivity index (χ2n) is 7.38. The zero-order chi connectivity index (χ0) is 17.8. The molecular formula is C20H29N3O2. The second kappa shape index (κ2) is 7.98. The van der Waals surface area contributed by atoms with Crippen molar-refractivity contribution in [2.45, 2.75) is 64.3 Å². The van der Waals surface area contributed by atoms with Gasteiger partial charge >= 0.3 is 0 Å². The summed E-state index contributed by atoms with van der Waals surface area (Å²) in [5, 5.41) is 2.64. The molecule has 25 heavy (non-hydrogen) atoms. The summed E-state index contributed by atoms with van der Waals surface area (Å²) < 4.78 is 0. The molecule has 0 spiro atoms. The largest absolute Gasteiger partial charge is 0.355 e. The number of carbonyl (C=O) groups is 2. The van der Waals surface area contributed by atoms with E-state index in [0.29, 0.717) is 12.0 Å². The first-order valence-electron chi connectivity index (χ1n) is 9.59. The fourth-order valence-electron chi connectivity index (χ4n) is 4.28. The summed E-state index contributed by atoms with van der Waals surface area (Å²) in [6.45, 7) is 2.68. The van der Waals surface area contributed by atoms with Crippen LogP contribution in [-0.4, -0.2) is 35.3 Å². The van der Waals surface area contributed by atoms with Crippen LogP contribution < -0.4 is 5.32 Å². The highest BCUT2D eigenvalue weighted by Crippen LogP contribution is 2.33. The van der Waals surface area contributed by atoms with Gasteiger partial charge in [-0.1, -0.05) is 25.7 Å². The highest BCUT2D eigenvalue weighted by Gasteiger charge is 2.31. The average molecular weight is 343 g/mol. The number of nitrogens with one attached hydrogen (secondary N) is 1. The fraction of sp³-hybridized carbons (Fsp3) is 0.650. The molecule has 0 bridgehead atoms. The Labute approximate surface area is 150 Å². The highest BCUT2D eigenvalue weighted by atomic mass is 16.2. The lowest BCUT2D eigenvalue weighted by atomic mass is 10.0. The molecule has 0 unspecified atom stereocenters. The van der Waals surface area contributed by atoms with Crippen LogP contribution in [0.15, 0.2) is 12.1 Å². The third-order valence-corrected chi connectivity index (χ3v) is 5.73. The Hall–Kier alpha value is -1.91. The lowest BCUT2D eigenvalue weighted by Crippen LogP contribution is -2.31. The van der Waals surface area contributed by atoms with Gasteiger partial charge in [0.05, 0.1) is 23.0 Å².